The van der Waals surface area contributed by atoms with Gasteiger partial charge >= 0.3 is 0 Å². The molecule has 0 radical (unpaired) electrons. The van der Waals surface area contributed by atoms with Gasteiger partial charge in [-0.2, -0.15) is 0 Å². The summed E-state index contributed by atoms with van der Waals surface area (Å²) in [7, 11) is 0. The number of nitrogens with two attached hydrogens (primary N) is 1. The Morgan fingerprint density at radius 2 is 2.50 bits per heavy atom. The highest BCUT2D eigenvalue weighted by molar-refractivity contribution is 7.09. The average Bonchev–Trinajstić information content (AvgIpc) is 2.61. The van der Waals surface area contributed by atoms with Crippen LogP contribution in [0.2, 0.25) is 0 Å². The number of hydrogen-bond acceptors (Lipinski definition) is 4. The fraction of sp³-hybridized carbons (Fsp3) is 0.556. The molecule has 78 valence electrons. The van der Waals surface area contributed by atoms with Crippen LogP contribution in [0.25, 0.3) is 0 Å². The predicted octanol–water partition coefficient (Wildman–Crippen LogP) is 0.669. The first-order valence-corrected chi connectivity index (χ1v) is 5.48. The summed E-state index contributed by atoms with van der Waals surface area (Å²) in [5.74, 6) is -0.143. The van der Waals surface area contributed by atoms with Crippen LogP contribution in [0.3, 0.4) is 0 Å². The number of aryl methyl sites for hydroxylation is 1. The quantitative estimate of drug-likeness (QED) is 0.772. The van der Waals surface area contributed by atoms with Crippen LogP contribution < -0.4 is 11.1 Å². The van der Waals surface area contributed by atoms with Crippen molar-refractivity contribution in [2.75, 3.05) is 0 Å². The Morgan fingerprint density at radius 1 is 1.79 bits per heavy atom. The predicted molar refractivity (Wildman–Crippen MR) is 57.0 cm³/mol. The minimum atomic E-state index is -0.459. The van der Waals surface area contributed by atoms with Crippen LogP contribution in [-0.4, -0.2) is 16.9 Å². The highest BCUT2D eigenvalue weighted by Gasteiger charge is 2.07. The molecule has 0 fully saturated rings. The lowest BCUT2D eigenvalue weighted by atomic mass is 10.3. The number of thiazole rings is 1. The van der Waals surface area contributed by atoms with E-state index in [1.807, 2.05) is 5.38 Å². The molecular weight excluding hydrogens is 198 g/mol. The molecule has 0 aliphatic heterocycles. The van der Waals surface area contributed by atoms with Gasteiger partial charge in [-0.1, -0.05) is 6.92 Å². The molecule has 0 aliphatic rings. The van der Waals surface area contributed by atoms with Crippen LogP contribution in [-0.2, 0) is 17.8 Å². The van der Waals surface area contributed by atoms with E-state index in [9.17, 15) is 4.79 Å². The van der Waals surface area contributed by atoms with Crippen molar-refractivity contribution in [2.45, 2.75) is 32.9 Å². The fourth-order valence-corrected chi connectivity index (χ4v) is 1.68. The average molecular weight is 213 g/mol. The molecular formula is C9H15N3OS. The first-order valence-electron chi connectivity index (χ1n) is 4.60. The van der Waals surface area contributed by atoms with Gasteiger partial charge in [-0.25, -0.2) is 4.98 Å². The van der Waals surface area contributed by atoms with Crippen LogP contribution in [0.4, 0.5) is 0 Å². The Balaban J connectivity index is 2.41. The van der Waals surface area contributed by atoms with Crippen molar-refractivity contribution in [1.29, 1.82) is 0 Å². The number of rotatable bonds is 4. The number of amides is 1. The molecule has 1 aromatic heterocycles. The maximum Gasteiger partial charge on any atom is 0.236 e. The molecule has 0 aliphatic carbocycles. The van der Waals surface area contributed by atoms with Gasteiger partial charge < -0.3 is 11.1 Å². The number of hydrogen-bond donors (Lipinski definition) is 2. The summed E-state index contributed by atoms with van der Waals surface area (Å²) in [4.78, 5) is 15.5. The van der Waals surface area contributed by atoms with Crippen molar-refractivity contribution in [3.63, 3.8) is 0 Å². The zero-order chi connectivity index (χ0) is 10.6. The van der Waals surface area contributed by atoms with Gasteiger partial charge in [0, 0.05) is 5.38 Å². The third-order valence-electron chi connectivity index (χ3n) is 1.76. The minimum absolute atomic E-state index is 0.143. The van der Waals surface area contributed by atoms with Crippen LogP contribution >= 0.6 is 11.3 Å². The van der Waals surface area contributed by atoms with Crippen molar-refractivity contribution >= 4 is 17.2 Å². The number of carbonyl (C=O) groups is 1. The van der Waals surface area contributed by atoms with Gasteiger partial charge in [-0.05, 0) is 13.3 Å². The number of aromatic nitrogens is 1. The third kappa shape index (κ3) is 3.08. The van der Waals surface area contributed by atoms with Crippen molar-refractivity contribution in [3.05, 3.63) is 16.1 Å². The molecule has 14 heavy (non-hydrogen) atoms. The molecule has 4 nitrogen and oxygen atoms in total. The number of nitrogens with one attached hydrogen (secondary N) is 1. The second kappa shape index (κ2) is 5.07. The van der Waals surface area contributed by atoms with E-state index in [-0.39, 0.29) is 5.91 Å². The zero-order valence-electron chi connectivity index (χ0n) is 8.41. The highest BCUT2D eigenvalue weighted by atomic mass is 32.1. The van der Waals surface area contributed by atoms with Crippen molar-refractivity contribution in [2.24, 2.45) is 5.73 Å². The first-order chi connectivity index (χ1) is 6.63. The third-order valence-corrected chi connectivity index (χ3v) is 2.80. The summed E-state index contributed by atoms with van der Waals surface area (Å²) >= 11 is 1.62. The van der Waals surface area contributed by atoms with Crippen LogP contribution in [0, 0.1) is 0 Å². The standard InChI is InChI=1S/C9H15N3OS/c1-3-8-12-7(5-14-8)4-11-9(13)6(2)10/h5-6H,3-4,10H2,1-2H3,(H,11,13). The Labute approximate surface area is 87.5 Å². The molecule has 0 spiro atoms. The number of carbonyl (C=O) groups excluding carboxylic acids is 1. The van der Waals surface area contributed by atoms with Crippen LogP contribution in [0.5, 0.6) is 0 Å². The Morgan fingerprint density at radius 3 is 3.00 bits per heavy atom. The van der Waals surface area contributed by atoms with E-state index in [0.29, 0.717) is 6.54 Å². The van der Waals surface area contributed by atoms with E-state index in [4.69, 9.17) is 5.73 Å². The summed E-state index contributed by atoms with van der Waals surface area (Å²) in [6, 6.07) is -0.459. The largest absolute Gasteiger partial charge is 0.349 e. The fourth-order valence-electron chi connectivity index (χ4n) is 0.931. The molecule has 0 aromatic carbocycles. The Kier molecular flexibility index (Phi) is 4.03. The zero-order valence-corrected chi connectivity index (χ0v) is 9.23. The molecule has 1 rings (SSSR count). The van der Waals surface area contributed by atoms with E-state index >= 15 is 0 Å². The van der Waals surface area contributed by atoms with Crippen molar-refractivity contribution in [1.82, 2.24) is 10.3 Å². The van der Waals surface area contributed by atoms with Gasteiger partial charge in [0.2, 0.25) is 5.91 Å². The molecule has 0 saturated heterocycles. The normalized spacial score (nSPS) is 12.5. The summed E-state index contributed by atoms with van der Waals surface area (Å²) in [5.41, 5.74) is 6.31. The molecule has 3 N–H and O–H groups in total. The van der Waals surface area contributed by atoms with Gasteiger partial charge in [-0.15, -0.1) is 11.3 Å². The van der Waals surface area contributed by atoms with Crippen LogP contribution in [0.1, 0.15) is 24.5 Å². The van der Waals surface area contributed by atoms with Gasteiger partial charge in [0.05, 0.1) is 23.3 Å². The Hall–Kier alpha value is -0.940. The lowest BCUT2D eigenvalue weighted by Gasteiger charge is -2.05. The molecule has 1 atom stereocenters. The van der Waals surface area contributed by atoms with Gasteiger partial charge in [0.1, 0.15) is 0 Å². The number of nitrogens with zero attached hydrogens (tertiary/aromatic N) is 1. The Bertz CT molecular complexity index is 309. The smallest absolute Gasteiger partial charge is 0.236 e. The maximum atomic E-state index is 11.1. The van der Waals surface area contributed by atoms with E-state index in [0.717, 1.165) is 17.1 Å². The van der Waals surface area contributed by atoms with Crippen molar-refractivity contribution < 1.29 is 4.79 Å². The summed E-state index contributed by atoms with van der Waals surface area (Å²) < 4.78 is 0. The van der Waals surface area contributed by atoms with E-state index in [2.05, 4.69) is 17.2 Å². The molecule has 1 heterocycles. The monoisotopic (exact) mass is 213 g/mol. The summed E-state index contributed by atoms with van der Waals surface area (Å²) in [5, 5.41) is 5.77. The van der Waals surface area contributed by atoms with E-state index < -0.39 is 6.04 Å². The first kappa shape index (κ1) is 11.1. The van der Waals surface area contributed by atoms with Gasteiger partial charge in [0.25, 0.3) is 0 Å². The molecule has 0 bridgehead atoms. The maximum absolute atomic E-state index is 11.1. The summed E-state index contributed by atoms with van der Waals surface area (Å²) in [6.45, 7) is 4.19. The topological polar surface area (TPSA) is 68.0 Å². The van der Waals surface area contributed by atoms with Crippen molar-refractivity contribution in [3.8, 4) is 0 Å². The van der Waals surface area contributed by atoms with Gasteiger partial charge in [0.15, 0.2) is 0 Å². The highest BCUT2D eigenvalue weighted by Crippen LogP contribution is 2.09. The van der Waals surface area contributed by atoms with Gasteiger partial charge in [-0.3, -0.25) is 4.79 Å². The van der Waals surface area contributed by atoms with Crippen LogP contribution in [0.15, 0.2) is 5.38 Å². The minimum Gasteiger partial charge on any atom is -0.349 e. The molecule has 5 heteroatoms. The lowest BCUT2D eigenvalue weighted by Crippen LogP contribution is -2.37. The van der Waals surface area contributed by atoms with E-state index in [1.54, 1.807) is 18.3 Å². The summed E-state index contributed by atoms with van der Waals surface area (Å²) in [6.07, 6.45) is 0.936. The second-order valence-electron chi connectivity index (χ2n) is 3.09. The molecule has 0 saturated carbocycles. The lowest BCUT2D eigenvalue weighted by molar-refractivity contribution is -0.122. The molecule has 1 amide bonds. The second-order valence-corrected chi connectivity index (χ2v) is 4.04. The molecule has 1 aromatic rings. The SMILES string of the molecule is CCc1nc(CNC(=O)C(C)N)cs1. The van der Waals surface area contributed by atoms with E-state index in [1.165, 1.54) is 0 Å². The molecule has 1 unspecified atom stereocenters.